The van der Waals surface area contributed by atoms with Gasteiger partial charge in [0.15, 0.2) is 17.3 Å². The van der Waals surface area contributed by atoms with Crippen molar-refractivity contribution in [3.05, 3.63) is 22.2 Å². The molecule has 0 radical (unpaired) electrons. The summed E-state index contributed by atoms with van der Waals surface area (Å²) in [5.41, 5.74) is 0.639. The van der Waals surface area contributed by atoms with Crippen LogP contribution in [0.4, 0.5) is 0 Å². The number of Topliss-reactive ketones (excluding diaryl/α,β-unsaturated/α-hetero) is 1. The van der Waals surface area contributed by atoms with Crippen LogP contribution in [0.5, 0.6) is 11.5 Å². The van der Waals surface area contributed by atoms with Gasteiger partial charge in [-0.15, -0.1) is 0 Å². The molecule has 4 nitrogen and oxygen atoms in total. The molecule has 0 aliphatic carbocycles. The number of carbonyl (C=O) groups is 1. The van der Waals surface area contributed by atoms with Gasteiger partial charge in [-0.05, 0) is 40.9 Å². The lowest BCUT2D eigenvalue weighted by atomic mass is 10.0. The van der Waals surface area contributed by atoms with E-state index in [9.17, 15) is 4.79 Å². The van der Waals surface area contributed by atoms with E-state index in [1.54, 1.807) is 12.1 Å². The van der Waals surface area contributed by atoms with Crippen LogP contribution in [0.2, 0.25) is 0 Å². The maximum atomic E-state index is 12.3. The fourth-order valence-corrected chi connectivity index (χ4v) is 2.94. The van der Waals surface area contributed by atoms with E-state index in [2.05, 4.69) is 15.9 Å². The van der Waals surface area contributed by atoms with Crippen molar-refractivity contribution < 1.29 is 19.0 Å². The molecule has 1 unspecified atom stereocenters. The third kappa shape index (κ3) is 2.77. The summed E-state index contributed by atoms with van der Waals surface area (Å²) in [5, 5.41) is 0. The first-order chi connectivity index (χ1) is 9.24. The van der Waals surface area contributed by atoms with Crippen LogP contribution in [0.25, 0.3) is 0 Å². The third-order valence-electron chi connectivity index (χ3n) is 3.37. The Kier molecular flexibility index (Phi) is 3.75. The van der Waals surface area contributed by atoms with Gasteiger partial charge in [-0.3, -0.25) is 4.79 Å². The first kappa shape index (κ1) is 12.9. The Balaban J connectivity index is 1.81. The molecule has 2 aliphatic rings. The molecule has 1 aromatic carbocycles. The van der Waals surface area contributed by atoms with Crippen LogP contribution >= 0.6 is 15.9 Å². The Morgan fingerprint density at radius 1 is 1.21 bits per heavy atom. The van der Waals surface area contributed by atoms with Gasteiger partial charge in [0.05, 0.1) is 6.10 Å². The summed E-state index contributed by atoms with van der Waals surface area (Å²) < 4.78 is 17.2. The maximum absolute atomic E-state index is 12.3. The van der Waals surface area contributed by atoms with Crippen LogP contribution in [0, 0.1) is 0 Å². The molecule has 1 aromatic rings. The molecule has 0 spiro atoms. The number of halogens is 1. The lowest BCUT2D eigenvalue weighted by molar-refractivity contribution is 0.0774. The van der Waals surface area contributed by atoms with E-state index in [1.165, 1.54) is 0 Å². The Labute approximate surface area is 120 Å². The van der Waals surface area contributed by atoms with Gasteiger partial charge in [-0.1, -0.05) is 0 Å². The number of fused-ring (bicyclic) bond motifs is 1. The fourth-order valence-electron chi connectivity index (χ4n) is 2.40. The zero-order valence-electron chi connectivity index (χ0n) is 10.5. The topological polar surface area (TPSA) is 44.8 Å². The smallest absolute Gasteiger partial charge is 0.166 e. The molecular weight excluding hydrogens is 312 g/mol. The Morgan fingerprint density at radius 2 is 1.95 bits per heavy atom. The minimum absolute atomic E-state index is 0.0626. The molecule has 3 rings (SSSR count). The molecule has 1 saturated heterocycles. The van der Waals surface area contributed by atoms with Crippen LogP contribution in [-0.4, -0.2) is 31.7 Å². The number of benzene rings is 1. The highest BCUT2D eigenvalue weighted by molar-refractivity contribution is 9.10. The van der Waals surface area contributed by atoms with E-state index in [-0.39, 0.29) is 11.9 Å². The number of rotatable bonds is 3. The number of hydrogen-bond donors (Lipinski definition) is 0. The molecule has 5 heteroatoms. The van der Waals surface area contributed by atoms with Gasteiger partial charge in [0.2, 0.25) is 0 Å². The highest BCUT2D eigenvalue weighted by Gasteiger charge is 2.23. The number of hydrogen-bond acceptors (Lipinski definition) is 4. The summed E-state index contributed by atoms with van der Waals surface area (Å²) >= 11 is 3.43. The van der Waals surface area contributed by atoms with Crippen molar-refractivity contribution in [2.24, 2.45) is 0 Å². The Morgan fingerprint density at radius 3 is 2.63 bits per heavy atom. The van der Waals surface area contributed by atoms with Crippen molar-refractivity contribution in [3.63, 3.8) is 0 Å². The van der Waals surface area contributed by atoms with Crippen LogP contribution in [0.1, 0.15) is 29.6 Å². The van der Waals surface area contributed by atoms with Crippen molar-refractivity contribution in [1.82, 2.24) is 0 Å². The first-order valence-electron chi connectivity index (χ1n) is 6.48. The van der Waals surface area contributed by atoms with Gasteiger partial charge in [0, 0.05) is 23.1 Å². The highest BCUT2D eigenvalue weighted by Crippen LogP contribution is 2.36. The third-order valence-corrected chi connectivity index (χ3v) is 4.03. The molecular formula is C14H15BrO4. The summed E-state index contributed by atoms with van der Waals surface area (Å²) in [6.07, 6.45) is 2.50. The minimum atomic E-state index is 0.0626. The number of ether oxygens (including phenoxy) is 3. The second kappa shape index (κ2) is 5.51. The highest BCUT2D eigenvalue weighted by atomic mass is 79.9. The second-order valence-corrected chi connectivity index (χ2v) is 5.59. The summed E-state index contributed by atoms with van der Waals surface area (Å²) in [7, 11) is 0. The van der Waals surface area contributed by atoms with E-state index >= 15 is 0 Å². The van der Waals surface area contributed by atoms with Gasteiger partial charge in [0.25, 0.3) is 0 Å². The van der Waals surface area contributed by atoms with Crippen molar-refractivity contribution in [2.75, 3.05) is 19.8 Å². The van der Waals surface area contributed by atoms with Crippen molar-refractivity contribution in [3.8, 4) is 11.5 Å². The number of carbonyl (C=O) groups excluding carboxylic acids is 1. The lowest BCUT2D eigenvalue weighted by Crippen LogP contribution is -2.17. The van der Waals surface area contributed by atoms with Gasteiger partial charge in [0.1, 0.15) is 13.2 Å². The SMILES string of the molecule is O=C(CC1CCCO1)c1cc2c(cc1Br)OCCO2. The minimum Gasteiger partial charge on any atom is -0.486 e. The quantitative estimate of drug-likeness (QED) is 0.801. The molecule has 0 bridgehead atoms. The summed E-state index contributed by atoms with van der Waals surface area (Å²) in [5.74, 6) is 1.41. The fraction of sp³-hybridized carbons (Fsp3) is 0.500. The molecule has 1 atom stereocenters. The number of ketones is 1. The van der Waals surface area contributed by atoms with Gasteiger partial charge in [-0.2, -0.15) is 0 Å². The molecule has 2 aliphatic heterocycles. The molecule has 102 valence electrons. The first-order valence-corrected chi connectivity index (χ1v) is 7.27. The maximum Gasteiger partial charge on any atom is 0.166 e. The van der Waals surface area contributed by atoms with Crippen LogP contribution < -0.4 is 9.47 Å². The monoisotopic (exact) mass is 326 g/mol. The zero-order chi connectivity index (χ0) is 13.2. The van der Waals surface area contributed by atoms with Crippen LogP contribution in [-0.2, 0) is 4.74 Å². The van der Waals surface area contributed by atoms with Gasteiger partial charge in [-0.25, -0.2) is 0 Å². The van der Waals surface area contributed by atoms with Crippen LogP contribution in [0.15, 0.2) is 16.6 Å². The largest absolute Gasteiger partial charge is 0.486 e. The standard InChI is InChI=1S/C14H15BrO4/c15-11-8-14-13(18-4-5-19-14)7-10(11)12(16)6-9-2-1-3-17-9/h7-9H,1-6H2. The zero-order valence-corrected chi connectivity index (χ0v) is 12.1. The molecule has 19 heavy (non-hydrogen) atoms. The molecule has 0 saturated carbocycles. The van der Waals surface area contributed by atoms with Crippen LogP contribution in [0.3, 0.4) is 0 Å². The van der Waals surface area contributed by atoms with Crippen molar-refractivity contribution in [1.29, 1.82) is 0 Å². The predicted octanol–water partition coefficient (Wildman–Crippen LogP) is 2.97. The molecule has 0 aromatic heterocycles. The molecule has 0 N–H and O–H groups in total. The van der Waals surface area contributed by atoms with Crippen molar-refractivity contribution >= 4 is 21.7 Å². The van der Waals surface area contributed by atoms with E-state index in [4.69, 9.17) is 14.2 Å². The van der Waals surface area contributed by atoms with Crippen molar-refractivity contribution in [2.45, 2.75) is 25.4 Å². The lowest BCUT2D eigenvalue weighted by Gasteiger charge is -2.20. The summed E-state index contributed by atoms with van der Waals surface area (Å²) in [4.78, 5) is 12.3. The molecule has 1 fully saturated rings. The van der Waals surface area contributed by atoms with E-state index < -0.39 is 0 Å². The van der Waals surface area contributed by atoms with Gasteiger partial charge >= 0.3 is 0 Å². The Bertz CT molecular complexity index is 494. The molecule has 0 amide bonds. The van der Waals surface area contributed by atoms with Gasteiger partial charge < -0.3 is 14.2 Å². The van der Waals surface area contributed by atoms with E-state index in [0.717, 1.165) is 23.9 Å². The average molecular weight is 327 g/mol. The summed E-state index contributed by atoms with van der Waals surface area (Å²) in [6, 6.07) is 3.56. The Hall–Kier alpha value is -1.07. The summed E-state index contributed by atoms with van der Waals surface area (Å²) in [6.45, 7) is 1.83. The van der Waals surface area contributed by atoms with E-state index in [0.29, 0.717) is 36.7 Å². The van der Waals surface area contributed by atoms with E-state index in [1.807, 2.05) is 0 Å². The average Bonchev–Trinajstić information content (AvgIpc) is 2.90. The second-order valence-electron chi connectivity index (χ2n) is 4.74. The molecule has 2 heterocycles. The normalized spacial score (nSPS) is 21.4. The predicted molar refractivity (Wildman–Crippen MR) is 73.1 cm³/mol.